The van der Waals surface area contributed by atoms with Gasteiger partial charge in [-0.3, -0.25) is 4.79 Å². The van der Waals surface area contributed by atoms with Crippen molar-refractivity contribution in [1.29, 1.82) is 0 Å². The Bertz CT molecular complexity index is 418. The number of thioether (sulfide) groups is 1. The Hall–Kier alpha value is -0.330. The highest BCUT2D eigenvalue weighted by Crippen LogP contribution is 2.38. The van der Waals surface area contributed by atoms with Crippen molar-refractivity contribution in [3.63, 3.8) is 0 Å². The number of aromatic nitrogens is 2. The van der Waals surface area contributed by atoms with Crippen molar-refractivity contribution >= 4 is 40.6 Å². The molecule has 1 aromatic rings. The van der Waals surface area contributed by atoms with E-state index >= 15 is 0 Å². The van der Waals surface area contributed by atoms with Crippen molar-refractivity contribution in [3.05, 3.63) is 9.47 Å². The molecule has 1 amide bonds. The van der Waals surface area contributed by atoms with Crippen molar-refractivity contribution in [2.45, 2.75) is 36.9 Å². The average molecular weight is 306 g/mol. The van der Waals surface area contributed by atoms with E-state index in [1.165, 1.54) is 32.1 Å². The number of hydrogen-bond donors (Lipinski definition) is 1. The summed E-state index contributed by atoms with van der Waals surface area (Å²) in [6.45, 7) is 0.699. The molecule has 0 bridgehead atoms. The summed E-state index contributed by atoms with van der Waals surface area (Å²) in [5.41, 5.74) is 0. The monoisotopic (exact) mass is 305 g/mol. The minimum Gasteiger partial charge on any atom is -0.349 e. The summed E-state index contributed by atoms with van der Waals surface area (Å²) in [6, 6.07) is 0. The molecule has 4 nitrogen and oxygen atoms in total. The molecule has 1 saturated carbocycles. The zero-order valence-corrected chi connectivity index (χ0v) is 12.6. The summed E-state index contributed by atoms with van der Waals surface area (Å²) in [5.74, 6) is -0.168. The van der Waals surface area contributed by atoms with Crippen LogP contribution in [0.15, 0.2) is 0 Å². The molecule has 100 valence electrons. The molecular formula is C11H16ClN3OS2. The molecule has 0 unspecified atom stereocenters. The molecule has 2 rings (SSSR count). The van der Waals surface area contributed by atoms with Crippen LogP contribution < -0.4 is 5.32 Å². The molecular weight excluding hydrogens is 290 g/mol. The third-order valence-corrected chi connectivity index (χ3v) is 5.80. The standard InChI is InChI=1S/C11H16ClN3OS2/c1-17-11(5-3-2-4-6-11)7-13-8(16)9-14-15-10(12)18-9/h2-7H2,1H3,(H,13,16). The first-order valence-electron chi connectivity index (χ1n) is 5.98. The normalized spacial score (nSPS) is 18.6. The maximum atomic E-state index is 11.9. The summed E-state index contributed by atoms with van der Waals surface area (Å²) < 4.78 is 0.500. The Morgan fingerprint density at radius 3 is 2.72 bits per heavy atom. The predicted molar refractivity (Wildman–Crippen MR) is 76.6 cm³/mol. The maximum Gasteiger partial charge on any atom is 0.282 e. The second-order valence-electron chi connectivity index (χ2n) is 4.49. The number of nitrogens with one attached hydrogen (secondary N) is 1. The summed E-state index contributed by atoms with van der Waals surface area (Å²) in [6.07, 6.45) is 8.28. The van der Waals surface area contributed by atoms with Gasteiger partial charge in [-0.2, -0.15) is 11.8 Å². The SMILES string of the molecule is CSC1(CNC(=O)c2nnc(Cl)s2)CCCCC1. The molecule has 1 heterocycles. The highest BCUT2D eigenvalue weighted by Gasteiger charge is 2.31. The lowest BCUT2D eigenvalue weighted by Gasteiger charge is -2.35. The van der Waals surface area contributed by atoms with Gasteiger partial charge in [0.25, 0.3) is 5.91 Å². The number of halogens is 1. The van der Waals surface area contributed by atoms with E-state index in [4.69, 9.17) is 11.6 Å². The van der Waals surface area contributed by atoms with E-state index in [1.54, 1.807) is 0 Å². The van der Waals surface area contributed by atoms with Crippen LogP contribution >= 0.6 is 34.7 Å². The highest BCUT2D eigenvalue weighted by molar-refractivity contribution is 8.00. The number of hydrogen-bond acceptors (Lipinski definition) is 5. The zero-order valence-electron chi connectivity index (χ0n) is 10.2. The molecule has 1 N–H and O–H groups in total. The Kier molecular flexibility index (Phi) is 4.86. The molecule has 0 atom stereocenters. The summed E-state index contributed by atoms with van der Waals surface area (Å²) in [7, 11) is 0. The van der Waals surface area contributed by atoms with Gasteiger partial charge >= 0.3 is 0 Å². The highest BCUT2D eigenvalue weighted by atomic mass is 35.5. The summed E-state index contributed by atoms with van der Waals surface area (Å²) in [4.78, 5) is 11.9. The number of rotatable bonds is 4. The third kappa shape index (κ3) is 3.36. The molecule has 0 aromatic carbocycles. The quantitative estimate of drug-likeness (QED) is 0.929. The Labute approximate surface area is 120 Å². The van der Waals surface area contributed by atoms with Gasteiger partial charge in [0.15, 0.2) is 0 Å². The lowest BCUT2D eigenvalue weighted by atomic mass is 9.88. The summed E-state index contributed by atoms with van der Waals surface area (Å²) >= 11 is 8.64. The van der Waals surface area contributed by atoms with Crippen LogP contribution in [0.3, 0.4) is 0 Å². The van der Waals surface area contributed by atoms with Gasteiger partial charge in [0, 0.05) is 11.3 Å². The van der Waals surface area contributed by atoms with Gasteiger partial charge in [-0.15, -0.1) is 10.2 Å². The molecule has 0 aliphatic heterocycles. The first kappa shape index (κ1) is 14.1. The van der Waals surface area contributed by atoms with Gasteiger partial charge in [0.2, 0.25) is 9.47 Å². The van der Waals surface area contributed by atoms with Gasteiger partial charge < -0.3 is 5.32 Å². The predicted octanol–water partition coefficient (Wildman–Crippen LogP) is 2.99. The second kappa shape index (κ2) is 6.21. The van der Waals surface area contributed by atoms with Gasteiger partial charge in [-0.25, -0.2) is 0 Å². The van der Waals surface area contributed by atoms with Gasteiger partial charge in [0.1, 0.15) is 0 Å². The molecule has 0 saturated heterocycles. The van der Waals surface area contributed by atoms with Crippen LogP contribution in [-0.4, -0.2) is 33.7 Å². The molecule has 0 spiro atoms. The van der Waals surface area contributed by atoms with E-state index < -0.39 is 0 Å². The minimum absolute atomic E-state index is 0.168. The van der Waals surface area contributed by atoms with E-state index in [0.29, 0.717) is 16.0 Å². The van der Waals surface area contributed by atoms with Crippen molar-refractivity contribution in [2.75, 3.05) is 12.8 Å². The topological polar surface area (TPSA) is 54.9 Å². The van der Waals surface area contributed by atoms with Crippen molar-refractivity contribution < 1.29 is 4.79 Å². The van der Waals surface area contributed by atoms with Crippen molar-refractivity contribution in [3.8, 4) is 0 Å². The number of carbonyl (C=O) groups excluding carboxylic acids is 1. The maximum absolute atomic E-state index is 11.9. The first-order chi connectivity index (χ1) is 8.65. The zero-order chi connectivity index (χ0) is 13.0. The molecule has 0 radical (unpaired) electrons. The first-order valence-corrected chi connectivity index (χ1v) is 8.39. The lowest BCUT2D eigenvalue weighted by molar-refractivity contribution is 0.0946. The van der Waals surface area contributed by atoms with Gasteiger partial charge in [0.05, 0.1) is 0 Å². The van der Waals surface area contributed by atoms with Crippen LogP contribution in [-0.2, 0) is 0 Å². The van der Waals surface area contributed by atoms with Gasteiger partial charge in [-0.05, 0) is 30.7 Å². The fourth-order valence-electron chi connectivity index (χ4n) is 2.26. The van der Waals surface area contributed by atoms with E-state index in [9.17, 15) is 4.79 Å². The van der Waals surface area contributed by atoms with E-state index in [-0.39, 0.29) is 10.7 Å². The fourth-order valence-corrected chi connectivity index (χ4v) is 3.92. The van der Waals surface area contributed by atoms with Crippen LogP contribution in [0.2, 0.25) is 4.47 Å². The van der Waals surface area contributed by atoms with Crippen LogP contribution in [0.1, 0.15) is 41.9 Å². The van der Waals surface area contributed by atoms with E-state index in [1.807, 2.05) is 11.8 Å². The Morgan fingerprint density at radius 2 is 2.17 bits per heavy atom. The van der Waals surface area contributed by atoms with Crippen LogP contribution in [0, 0.1) is 0 Å². The second-order valence-corrected chi connectivity index (χ2v) is 7.32. The van der Waals surface area contributed by atoms with Crippen molar-refractivity contribution in [2.24, 2.45) is 0 Å². The molecule has 1 aliphatic carbocycles. The molecule has 1 fully saturated rings. The molecule has 7 heteroatoms. The number of amides is 1. The molecule has 1 aromatic heterocycles. The Morgan fingerprint density at radius 1 is 1.44 bits per heavy atom. The fraction of sp³-hybridized carbons (Fsp3) is 0.727. The Balaban J connectivity index is 1.91. The average Bonchev–Trinajstić information content (AvgIpc) is 2.84. The third-order valence-electron chi connectivity index (χ3n) is 3.36. The van der Waals surface area contributed by atoms with E-state index in [2.05, 4.69) is 21.8 Å². The summed E-state index contributed by atoms with van der Waals surface area (Å²) in [5, 5.41) is 10.7. The van der Waals surface area contributed by atoms with Crippen LogP contribution in [0.5, 0.6) is 0 Å². The van der Waals surface area contributed by atoms with Crippen molar-refractivity contribution in [1.82, 2.24) is 15.5 Å². The number of nitrogens with zero attached hydrogens (tertiary/aromatic N) is 2. The minimum atomic E-state index is -0.168. The largest absolute Gasteiger partial charge is 0.349 e. The molecule has 18 heavy (non-hydrogen) atoms. The molecule has 1 aliphatic rings. The smallest absolute Gasteiger partial charge is 0.282 e. The van der Waals surface area contributed by atoms with Crippen LogP contribution in [0.4, 0.5) is 0 Å². The lowest BCUT2D eigenvalue weighted by Crippen LogP contribution is -2.41. The number of carbonyl (C=O) groups is 1. The van der Waals surface area contributed by atoms with Crippen LogP contribution in [0.25, 0.3) is 0 Å². The van der Waals surface area contributed by atoms with Gasteiger partial charge in [-0.1, -0.05) is 30.6 Å². The van der Waals surface area contributed by atoms with E-state index in [0.717, 1.165) is 11.3 Å².